The lowest BCUT2D eigenvalue weighted by Crippen LogP contribution is -2.46. The second-order valence-corrected chi connectivity index (χ2v) is 10.6. The van der Waals surface area contributed by atoms with E-state index in [4.69, 9.17) is 4.74 Å². The van der Waals surface area contributed by atoms with Crippen LogP contribution in [0.1, 0.15) is 24.8 Å². The van der Waals surface area contributed by atoms with Crippen LogP contribution < -0.4 is 0 Å². The summed E-state index contributed by atoms with van der Waals surface area (Å²) in [5, 5.41) is 19.4. The number of aliphatic hydroxyl groups is 1. The largest absolute Gasteiger partial charge is 0.480 e. The molecule has 3 rings (SSSR count). The Morgan fingerprint density at radius 3 is 2.42 bits per heavy atom. The van der Waals surface area contributed by atoms with Crippen LogP contribution in [0.15, 0.2) is 30.3 Å². The number of carboxylic acids is 1. The molecule has 2 fully saturated rings. The van der Waals surface area contributed by atoms with Crippen LogP contribution in [0.3, 0.4) is 0 Å². The van der Waals surface area contributed by atoms with Crippen LogP contribution in [-0.4, -0.2) is 97.0 Å². The Hall–Kier alpha value is -2.50. The van der Waals surface area contributed by atoms with Crippen molar-refractivity contribution in [2.45, 2.75) is 37.2 Å². The summed E-state index contributed by atoms with van der Waals surface area (Å²) in [5.74, 6) is -3.97. The highest BCUT2D eigenvalue weighted by Crippen LogP contribution is 2.24. The van der Waals surface area contributed by atoms with Gasteiger partial charge in [0, 0.05) is 32.5 Å². The van der Waals surface area contributed by atoms with Crippen LogP contribution in [0.25, 0.3) is 0 Å². The number of hydrogen-bond acceptors (Lipinski definition) is 7. The summed E-state index contributed by atoms with van der Waals surface area (Å²) >= 11 is 0. The molecule has 2 aliphatic rings. The van der Waals surface area contributed by atoms with Crippen LogP contribution in [-0.2, 0) is 34.7 Å². The van der Waals surface area contributed by atoms with Gasteiger partial charge in [-0.3, -0.25) is 9.59 Å². The summed E-state index contributed by atoms with van der Waals surface area (Å²) < 4.78 is 31.0. The molecule has 0 aliphatic carbocycles. The van der Waals surface area contributed by atoms with Gasteiger partial charge < -0.3 is 24.7 Å². The third kappa shape index (κ3) is 6.99. The quantitative estimate of drug-likeness (QED) is 0.497. The number of rotatable bonds is 9. The number of carbonyl (C=O) groups excluding carboxylic acids is 2. The minimum Gasteiger partial charge on any atom is -0.480 e. The number of aliphatic carboxylic acids is 1. The first-order chi connectivity index (χ1) is 15.7. The molecular weight excluding hydrogens is 452 g/mol. The molecule has 0 saturated carbocycles. The topological polar surface area (TPSA) is 142 Å². The van der Waals surface area contributed by atoms with Gasteiger partial charge in [-0.25, -0.2) is 13.2 Å². The lowest BCUT2D eigenvalue weighted by Gasteiger charge is -2.29. The number of hydrogen-bond donors (Lipinski definition) is 2. The monoisotopic (exact) mass is 482 g/mol. The fraction of sp³-hybridized carbons (Fsp3) is 0.591. The minimum atomic E-state index is -3.73. The summed E-state index contributed by atoms with van der Waals surface area (Å²) in [6.07, 6.45) is -1.17. The SMILES string of the molecule is O=C(O)[C@@H]1C[C@H](O)CN1C(=O)[C@@H](CCC(=O)N1CCOCC1)CS(=O)(=O)Cc1ccccc1. The summed E-state index contributed by atoms with van der Waals surface area (Å²) in [7, 11) is -3.73. The molecule has 3 atom stereocenters. The number of β-amino-alcohol motifs (C(OH)–C–C–N with tert-alkyl or cyclic N) is 1. The predicted molar refractivity (Wildman–Crippen MR) is 118 cm³/mol. The number of benzene rings is 1. The van der Waals surface area contributed by atoms with Crippen molar-refractivity contribution in [1.29, 1.82) is 0 Å². The normalized spacial score (nSPS) is 22.2. The van der Waals surface area contributed by atoms with Gasteiger partial charge in [-0.2, -0.15) is 0 Å². The molecule has 10 nitrogen and oxygen atoms in total. The second kappa shape index (κ2) is 11.1. The molecule has 0 unspecified atom stereocenters. The Morgan fingerprint density at radius 1 is 1.12 bits per heavy atom. The van der Waals surface area contributed by atoms with Crippen LogP contribution in [0, 0.1) is 5.92 Å². The molecule has 0 bridgehead atoms. The fourth-order valence-electron chi connectivity index (χ4n) is 4.27. The predicted octanol–water partition coefficient (Wildman–Crippen LogP) is -0.0970. The first kappa shape index (κ1) is 25.1. The van der Waals surface area contributed by atoms with Gasteiger partial charge in [0.15, 0.2) is 9.84 Å². The number of carbonyl (C=O) groups is 3. The van der Waals surface area contributed by atoms with Gasteiger partial charge in [0.05, 0.1) is 36.7 Å². The van der Waals surface area contributed by atoms with E-state index in [-0.39, 0.29) is 37.5 Å². The Kier molecular flexibility index (Phi) is 8.44. The van der Waals surface area contributed by atoms with Crippen molar-refractivity contribution in [3.8, 4) is 0 Å². The van der Waals surface area contributed by atoms with Crippen molar-refractivity contribution in [2.24, 2.45) is 5.92 Å². The fourth-order valence-corrected chi connectivity index (χ4v) is 6.01. The highest BCUT2D eigenvalue weighted by atomic mass is 32.2. The van der Waals surface area contributed by atoms with E-state index in [1.165, 1.54) is 0 Å². The van der Waals surface area contributed by atoms with Crippen LogP contribution >= 0.6 is 0 Å². The van der Waals surface area contributed by atoms with Gasteiger partial charge in [-0.15, -0.1) is 0 Å². The number of amides is 2. The third-order valence-electron chi connectivity index (χ3n) is 5.95. The van der Waals surface area contributed by atoms with Crippen molar-refractivity contribution in [2.75, 3.05) is 38.6 Å². The lowest BCUT2D eigenvalue weighted by atomic mass is 10.0. The van der Waals surface area contributed by atoms with Crippen LogP contribution in [0.2, 0.25) is 0 Å². The van der Waals surface area contributed by atoms with E-state index in [2.05, 4.69) is 0 Å². The Labute approximate surface area is 193 Å². The van der Waals surface area contributed by atoms with Crippen molar-refractivity contribution < 1.29 is 37.8 Å². The average molecular weight is 483 g/mol. The van der Waals surface area contributed by atoms with Crippen molar-refractivity contribution in [1.82, 2.24) is 9.80 Å². The number of aliphatic hydroxyl groups excluding tert-OH is 1. The summed E-state index contributed by atoms with van der Waals surface area (Å²) in [6.45, 7) is 1.53. The number of carboxylic acid groups (broad SMARTS) is 1. The van der Waals surface area contributed by atoms with Gasteiger partial charge >= 0.3 is 5.97 Å². The molecule has 2 amide bonds. The number of sulfone groups is 1. The maximum atomic E-state index is 13.3. The van der Waals surface area contributed by atoms with E-state index in [9.17, 15) is 33.0 Å². The van der Waals surface area contributed by atoms with E-state index in [1.54, 1.807) is 35.2 Å². The molecule has 2 N–H and O–H groups in total. The molecule has 182 valence electrons. The minimum absolute atomic E-state index is 0.0258. The molecule has 0 spiro atoms. The maximum Gasteiger partial charge on any atom is 0.326 e. The van der Waals surface area contributed by atoms with Crippen molar-refractivity contribution in [3.05, 3.63) is 35.9 Å². The molecule has 2 heterocycles. The third-order valence-corrected chi connectivity index (χ3v) is 7.63. The molecule has 11 heteroatoms. The van der Waals surface area contributed by atoms with E-state index in [0.717, 1.165) is 4.90 Å². The number of ether oxygens (including phenoxy) is 1. The maximum absolute atomic E-state index is 13.3. The molecule has 1 aromatic carbocycles. The number of morpholine rings is 1. The van der Waals surface area contributed by atoms with Crippen LogP contribution in [0.4, 0.5) is 0 Å². The summed E-state index contributed by atoms with van der Waals surface area (Å²) in [5.41, 5.74) is 0.577. The standard InChI is InChI=1S/C22H30N2O8S/c25-18-12-19(22(28)29)24(13-18)21(27)17(6-7-20(26)23-8-10-32-11-9-23)15-33(30,31)14-16-4-2-1-3-5-16/h1-5,17-19,25H,6-15H2,(H,28,29)/t17-,18-,19-/m0/s1. The molecule has 0 aromatic heterocycles. The Bertz CT molecular complexity index is 946. The summed E-state index contributed by atoms with van der Waals surface area (Å²) in [4.78, 5) is 40.1. The van der Waals surface area contributed by atoms with Gasteiger partial charge in [0.2, 0.25) is 11.8 Å². The first-order valence-corrected chi connectivity index (χ1v) is 12.8. The zero-order chi connectivity index (χ0) is 24.0. The van der Waals surface area contributed by atoms with Crippen LogP contribution in [0.5, 0.6) is 0 Å². The van der Waals surface area contributed by atoms with E-state index >= 15 is 0 Å². The lowest BCUT2D eigenvalue weighted by molar-refractivity contribution is -0.150. The molecular formula is C22H30N2O8S. The smallest absolute Gasteiger partial charge is 0.326 e. The highest BCUT2D eigenvalue weighted by Gasteiger charge is 2.42. The van der Waals surface area contributed by atoms with Crippen molar-refractivity contribution >= 4 is 27.6 Å². The Balaban J connectivity index is 1.75. The second-order valence-electron chi connectivity index (χ2n) is 8.50. The first-order valence-electron chi connectivity index (χ1n) is 11.0. The van der Waals surface area contributed by atoms with Crippen molar-refractivity contribution in [3.63, 3.8) is 0 Å². The molecule has 0 radical (unpaired) electrons. The Morgan fingerprint density at radius 2 is 1.79 bits per heavy atom. The van der Waals surface area contributed by atoms with Gasteiger partial charge in [0.1, 0.15) is 6.04 Å². The average Bonchev–Trinajstić information content (AvgIpc) is 3.19. The van der Waals surface area contributed by atoms with E-state index in [1.807, 2.05) is 0 Å². The highest BCUT2D eigenvalue weighted by molar-refractivity contribution is 7.90. The molecule has 2 aliphatic heterocycles. The summed E-state index contributed by atoms with van der Waals surface area (Å²) in [6, 6.07) is 7.34. The van der Waals surface area contributed by atoms with Gasteiger partial charge in [0.25, 0.3) is 0 Å². The molecule has 1 aromatic rings. The zero-order valence-corrected chi connectivity index (χ0v) is 19.2. The molecule has 2 saturated heterocycles. The zero-order valence-electron chi connectivity index (χ0n) is 18.3. The van der Waals surface area contributed by atoms with Gasteiger partial charge in [-0.1, -0.05) is 30.3 Å². The molecule has 33 heavy (non-hydrogen) atoms. The van der Waals surface area contributed by atoms with E-state index in [0.29, 0.717) is 31.9 Å². The van der Waals surface area contributed by atoms with Gasteiger partial charge in [-0.05, 0) is 12.0 Å². The number of likely N-dealkylation sites (tertiary alicyclic amines) is 1. The number of nitrogens with zero attached hydrogens (tertiary/aromatic N) is 2. The van der Waals surface area contributed by atoms with E-state index < -0.39 is 45.5 Å².